The van der Waals surface area contributed by atoms with E-state index < -0.39 is 32.9 Å². The van der Waals surface area contributed by atoms with Gasteiger partial charge < -0.3 is 4.90 Å². The van der Waals surface area contributed by atoms with Crippen molar-refractivity contribution in [3.05, 3.63) is 29.8 Å². The van der Waals surface area contributed by atoms with Gasteiger partial charge in [0.2, 0.25) is 0 Å². The lowest BCUT2D eigenvalue weighted by molar-refractivity contribution is -0.137. The van der Waals surface area contributed by atoms with E-state index in [1.54, 1.807) is 0 Å². The van der Waals surface area contributed by atoms with E-state index in [-0.39, 0.29) is 34.2 Å². The van der Waals surface area contributed by atoms with Gasteiger partial charge in [-0.2, -0.15) is 18.2 Å². The molecule has 3 aliphatic rings. The van der Waals surface area contributed by atoms with Crippen molar-refractivity contribution in [2.75, 3.05) is 16.4 Å². The molecule has 1 aliphatic carbocycles. The molecule has 1 saturated carbocycles. The van der Waals surface area contributed by atoms with Gasteiger partial charge in [-0.3, -0.25) is 4.79 Å². The monoisotopic (exact) mass is 404 g/mol. The number of fused-ring (bicyclic) bond motifs is 1. The highest BCUT2D eigenvalue weighted by Gasteiger charge is 2.51. The Morgan fingerprint density at radius 1 is 1.19 bits per heavy atom. The standard InChI is InChI=1S/C16H15F3N2O3S2/c17-16(18,19)10-3-1-2-4-11(10)21-12-7-26(23,24)8-13(12)25-15(21)20-14(22)9-5-6-9/h1-4,9,12-13H,5-8H2/t12-,13-/m1/s1. The first-order chi connectivity index (χ1) is 12.2. The van der Waals surface area contributed by atoms with Crippen molar-refractivity contribution in [1.29, 1.82) is 0 Å². The van der Waals surface area contributed by atoms with E-state index in [4.69, 9.17) is 0 Å². The van der Waals surface area contributed by atoms with Crippen molar-refractivity contribution in [2.24, 2.45) is 10.9 Å². The molecule has 0 bridgehead atoms. The van der Waals surface area contributed by atoms with Gasteiger partial charge in [-0.15, -0.1) is 0 Å². The highest BCUT2D eigenvalue weighted by Crippen LogP contribution is 2.45. The molecule has 4 rings (SSSR count). The number of amides is 1. The molecule has 10 heteroatoms. The fraction of sp³-hybridized carbons (Fsp3) is 0.500. The molecule has 2 heterocycles. The number of sulfone groups is 1. The SMILES string of the molecule is O=C(N=C1S[C@@H]2CS(=O)(=O)C[C@H]2N1c1ccccc1C(F)(F)F)C1CC1. The van der Waals surface area contributed by atoms with Crippen molar-refractivity contribution in [3.8, 4) is 0 Å². The average molecular weight is 404 g/mol. The number of amidine groups is 1. The summed E-state index contributed by atoms with van der Waals surface area (Å²) in [4.78, 5) is 17.5. The van der Waals surface area contributed by atoms with Crippen LogP contribution < -0.4 is 4.90 Å². The Labute approximate surface area is 152 Å². The van der Waals surface area contributed by atoms with Crippen LogP contribution in [0.3, 0.4) is 0 Å². The fourth-order valence-electron chi connectivity index (χ4n) is 3.29. The number of alkyl halides is 3. The maximum atomic E-state index is 13.5. The number of nitrogens with zero attached hydrogens (tertiary/aromatic N) is 2. The Balaban J connectivity index is 1.80. The Morgan fingerprint density at radius 2 is 1.88 bits per heavy atom. The lowest BCUT2D eigenvalue weighted by atomic mass is 10.1. The lowest BCUT2D eigenvalue weighted by Crippen LogP contribution is -2.39. The largest absolute Gasteiger partial charge is 0.418 e. The van der Waals surface area contributed by atoms with Crippen LogP contribution in [0.25, 0.3) is 0 Å². The van der Waals surface area contributed by atoms with Crippen molar-refractivity contribution in [2.45, 2.75) is 30.3 Å². The van der Waals surface area contributed by atoms with Gasteiger partial charge in [-0.05, 0) is 25.0 Å². The van der Waals surface area contributed by atoms with Crippen LogP contribution in [0.1, 0.15) is 18.4 Å². The molecule has 5 nitrogen and oxygen atoms in total. The predicted octanol–water partition coefficient (Wildman–Crippen LogP) is 2.72. The van der Waals surface area contributed by atoms with Gasteiger partial charge >= 0.3 is 6.18 Å². The number of carbonyl (C=O) groups is 1. The van der Waals surface area contributed by atoms with Crippen molar-refractivity contribution in [1.82, 2.24) is 0 Å². The van der Waals surface area contributed by atoms with Crippen molar-refractivity contribution >= 4 is 38.4 Å². The Hall–Kier alpha value is -1.55. The van der Waals surface area contributed by atoms with Crippen molar-refractivity contribution in [3.63, 3.8) is 0 Å². The number of hydrogen-bond acceptors (Lipinski definition) is 4. The first-order valence-electron chi connectivity index (χ1n) is 8.11. The number of hydrogen-bond donors (Lipinski definition) is 0. The second-order valence-corrected chi connectivity index (χ2v) is 10.1. The Bertz CT molecular complexity index is 894. The van der Waals surface area contributed by atoms with Crippen LogP contribution in [0.2, 0.25) is 0 Å². The normalized spacial score (nSPS) is 29.2. The van der Waals surface area contributed by atoms with Crippen LogP contribution in [-0.2, 0) is 20.8 Å². The number of anilines is 1. The summed E-state index contributed by atoms with van der Waals surface area (Å²) < 4.78 is 64.4. The molecule has 1 aromatic carbocycles. The van der Waals surface area contributed by atoms with Crippen LogP contribution in [0, 0.1) is 5.92 Å². The fourth-order valence-corrected chi connectivity index (χ4v) is 7.20. The third kappa shape index (κ3) is 3.24. The van der Waals surface area contributed by atoms with E-state index in [0.717, 1.165) is 30.7 Å². The molecular formula is C16H15F3N2O3S2. The molecule has 0 spiro atoms. The molecular weight excluding hydrogens is 389 g/mol. The molecule has 2 aliphatic heterocycles. The summed E-state index contributed by atoms with van der Waals surface area (Å²) in [5, 5.41) is -0.254. The first-order valence-corrected chi connectivity index (χ1v) is 10.8. The molecule has 0 N–H and O–H groups in total. The number of aliphatic imine (C=N–C) groups is 1. The molecule has 0 radical (unpaired) electrons. The third-order valence-corrected chi connectivity index (χ3v) is 7.88. The van der Waals surface area contributed by atoms with E-state index in [0.29, 0.717) is 0 Å². The molecule has 0 aromatic heterocycles. The second-order valence-electron chi connectivity index (χ2n) is 6.69. The maximum Gasteiger partial charge on any atom is 0.418 e. The van der Waals surface area contributed by atoms with Crippen LogP contribution >= 0.6 is 11.8 Å². The third-order valence-electron chi connectivity index (χ3n) is 4.67. The van der Waals surface area contributed by atoms with E-state index >= 15 is 0 Å². The zero-order chi connectivity index (χ0) is 18.7. The van der Waals surface area contributed by atoms with E-state index in [1.807, 2.05) is 0 Å². The van der Waals surface area contributed by atoms with Crippen LogP contribution in [-0.4, -0.2) is 42.3 Å². The zero-order valence-corrected chi connectivity index (χ0v) is 15.1. The topological polar surface area (TPSA) is 66.8 Å². The summed E-state index contributed by atoms with van der Waals surface area (Å²) in [5.74, 6) is -0.867. The summed E-state index contributed by atoms with van der Waals surface area (Å²) in [6.45, 7) is 0. The number of rotatable bonds is 2. The molecule has 140 valence electrons. The smallest absolute Gasteiger partial charge is 0.315 e. The molecule has 1 amide bonds. The summed E-state index contributed by atoms with van der Waals surface area (Å²) >= 11 is 1.09. The average Bonchev–Trinajstić information content (AvgIpc) is 3.27. The van der Waals surface area contributed by atoms with Gasteiger partial charge in [0.1, 0.15) is 0 Å². The molecule has 1 aromatic rings. The Kier molecular flexibility index (Phi) is 4.11. The molecule has 0 unspecified atom stereocenters. The highest BCUT2D eigenvalue weighted by molar-refractivity contribution is 8.16. The molecule has 26 heavy (non-hydrogen) atoms. The summed E-state index contributed by atoms with van der Waals surface area (Å²) in [5.41, 5.74) is -1.02. The number of halogens is 3. The minimum Gasteiger partial charge on any atom is -0.315 e. The molecule has 2 atom stereocenters. The predicted molar refractivity (Wildman–Crippen MR) is 92.9 cm³/mol. The quantitative estimate of drug-likeness (QED) is 0.758. The second kappa shape index (κ2) is 5.98. The van der Waals surface area contributed by atoms with Gasteiger partial charge in [0.15, 0.2) is 15.0 Å². The van der Waals surface area contributed by atoms with E-state index in [9.17, 15) is 26.4 Å². The summed E-state index contributed by atoms with van der Waals surface area (Å²) in [6, 6.07) is 4.35. The molecule has 2 saturated heterocycles. The molecule has 3 fully saturated rings. The van der Waals surface area contributed by atoms with Crippen LogP contribution in [0.15, 0.2) is 29.3 Å². The number of thioether (sulfide) groups is 1. The van der Waals surface area contributed by atoms with Crippen molar-refractivity contribution < 1.29 is 26.4 Å². The maximum absolute atomic E-state index is 13.5. The lowest BCUT2D eigenvalue weighted by Gasteiger charge is -2.27. The van der Waals surface area contributed by atoms with Gasteiger partial charge in [0.25, 0.3) is 5.91 Å². The van der Waals surface area contributed by atoms with Crippen LogP contribution in [0.4, 0.5) is 18.9 Å². The number of benzene rings is 1. The summed E-state index contributed by atoms with van der Waals surface area (Å²) in [6.07, 6.45) is -3.12. The van der Waals surface area contributed by atoms with Gasteiger partial charge in [-0.1, -0.05) is 23.9 Å². The van der Waals surface area contributed by atoms with Gasteiger partial charge in [0, 0.05) is 11.2 Å². The number of carbonyl (C=O) groups excluding carboxylic acids is 1. The first kappa shape index (κ1) is 17.8. The van der Waals surface area contributed by atoms with Crippen LogP contribution in [0.5, 0.6) is 0 Å². The van der Waals surface area contributed by atoms with E-state index in [2.05, 4.69) is 4.99 Å². The zero-order valence-electron chi connectivity index (χ0n) is 13.4. The van der Waals surface area contributed by atoms with Gasteiger partial charge in [-0.25, -0.2) is 8.42 Å². The minimum atomic E-state index is -4.59. The summed E-state index contributed by atoms with van der Waals surface area (Å²) in [7, 11) is -3.33. The Morgan fingerprint density at radius 3 is 2.54 bits per heavy atom. The minimum absolute atomic E-state index is 0.121. The van der Waals surface area contributed by atoms with Gasteiger partial charge in [0.05, 0.1) is 28.8 Å². The van der Waals surface area contributed by atoms with E-state index in [1.165, 1.54) is 23.1 Å². The highest BCUT2D eigenvalue weighted by atomic mass is 32.2. The number of para-hydroxylation sites is 1.